The molecule has 17 heavy (non-hydrogen) atoms. The van der Waals surface area contributed by atoms with Gasteiger partial charge in [-0.3, -0.25) is 4.68 Å². The van der Waals surface area contributed by atoms with Gasteiger partial charge in [0, 0.05) is 19.4 Å². The van der Waals surface area contributed by atoms with Crippen molar-refractivity contribution in [2.45, 2.75) is 44.8 Å². The first-order valence-corrected chi connectivity index (χ1v) is 6.09. The SMILES string of the molecule is CCn1ncc(Cl)c1C(O)C1CCC(F)(F)C1. The molecule has 1 N–H and O–H groups in total. The van der Waals surface area contributed by atoms with Crippen molar-refractivity contribution in [3.8, 4) is 0 Å². The quantitative estimate of drug-likeness (QED) is 0.911. The Bertz CT molecular complexity index is 408. The van der Waals surface area contributed by atoms with Crippen molar-refractivity contribution in [2.24, 2.45) is 5.92 Å². The standard InChI is InChI=1S/C11H15ClF2N2O/c1-2-16-9(8(12)6-15-16)10(17)7-3-4-11(13,14)5-7/h6-7,10,17H,2-5H2,1H3. The lowest BCUT2D eigenvalue weighted by molar-refractivity contribution is -0.00594. The van der Waals surface area contributed by atoms with Gasteiger partial charge >= 0.3 is 0 Å². The second-order valence-electron chi connectivity index (χ2n) is 4.50. The highest BCUT2D eigenvalue weighted by Crippen LogP contribution is 2.45. The third kappa shape index (κ3) is 2.45. The van der Waals surface area contributed by atoms with Gasteiger partial charge in [0.1, 0.15) is 6.10 Å². The average molecular weight is 265 g/mol. The summed E-state index contributed by atoms with van der Waals surface area (Å²) in [5.41, 5.74) is 0.455. The average Bonchev–Trinajstić information content (AvgIpc) is 2.80. The zero-order valence-corrected chi connectivity index (χ0v) is 10.3. The molecule has 1 aromatic heterocycles. The Morgan fingerprint density at radius 3 is 2.94 bits per heavy atom. The van der Waals surface area contributed by atoms with Crippen molar-refractivity contribution in [1.29, 1.82) is 0 Å². The molecule has 1 saturated carbocycles. The van der Waals surface area contributed by atoms with Gasteiger partial charge in [-0.1, -0.05) is 11.6 Å². The number of aliphatic hydroxyl groups excluding tert-OH is 1. The van der Waals surface area contributed by atoms with Crippen molar-refractivity contribution >= 4 is 11.6 Å². The molecule has 0 aromatic carbocycles. The van der Waals surface area contributed by atoms with Crippen LogP contribution in [0.5, 0.6) is 0 Å². The van der Waals surface area contributed by atoms with Gasteiger partial charge in [0.15, 0.2) is 0 Å². The Morgan fingerprint density at radius 2 is 2.41 bits per heavy atom. The van der Waals surface area contributed by atoms with E-state index in [2.05, 4.69) is 5.10 Å². The molecule has 2 rings (SSSR count). The molecule has 0 radical (unpaired) electrons. The lowest BCUT2D eigenvalue weighted by atomic mass is 9.98. The first kappa shape index (κ1) is 12.8. The molecule has 1 heterocycles. The minimum Gasteiger partial charge on any atom is -0.386 e. The van der Waals surface area contributed by atoms with E-state index < -0.39 is 17.9 Å². The first-order valence-electron chi connectivity index (χ1n) is 5.71. The number of hydrogen-bond acceptors (Lipinski definition) is 2. The fourth-order valence-electron chi connectivity index (χ4n) is 2.40. The van der Waals surface area contributed by atoms with E-state index >= 15 is 0 Å². The van der Waals surface area contributed by atoms with Crippen LogP contribution in [0.4, 0.5) is 8.78 Å². The zero-order valence-electron chi connectivity index (χ0n) is 9.54. The van der Waals surface area contributed by atoms with E-state index in [4.69, 9.17) is 11.6 Å². The highest BCUT2D eigenvalue weighted by molar-refractivity contribution is 6.31. The van der Waals surface area contributed by atoms with Gasteiger partial charge in [-0.15, -0.1) is 0 Å². The van der Waals surface area contributed by atoms with E-state index in [1.54, 1.807) is 4.68 Å². The fourth-order valence-corrected chi connectivity index (χ4v) is 2.65. The Kier molecular flexibility index (Phi) is 3.41. The van der Waals surface area contributed by atoms with Gasteiger partial charge in [0.25, 0.3) is 0 Å². The molecule has 6 heteroatoms. The van der Waals surface area contributed by atoms with Gasteiger partial charge < -0.3 is 5.11 Å². The summed E-state index contributed by atoms with van der Waals surface area (Å²) >= 11 is 5.94. The minimum absolute atomic E-state index is 0.160. The predicted molar refractivity (Wildman–Crippen MR) is 60.2 cm³/mol. The van der Waals surface area contributed by atoms with Crippen LogP contribution < -0.4 is 0 Å². The summed E-state index contributed by atoms with van der Waals surface area (Å²) in [7, 11) is 0. The molecule has 1 aromatic rings. The van der Waals surface area contributed by atoms with Crippen LogP contribution in [0.15, 0.2) is 6.20 Å². The Morgan fingerprint density at radius 1 is 1.71 bits per heavy atom. The van der Waals surface area contributed by atoms with Crippen LogP contribution in [0.25, 0.3) is 0 Å². The van der Waals surface area contributed by atoms with E-state index in [0.717, 1.165) is 0 Å². The Labute approximate surface area is 103 Å². The topological polar surface area (TPSA) is 38.0 Å². The molecule has 0 bridgehead atoms. The second kappa shape index (κ2) is 4.53. The molecule has 1 aliphatic rings. The van der Waals surface area contributed by atoms with Crippen molar-refractivity contribution in [3.05, 3.63) is 16.9 Å². The number of alkyl halides is 2. The predicted octanol–water partition coefficient (Wildman–Crippen LogP) is 3.03. The molecule has 96 valence electrons. The summed E-state index contributed by atoms with van der Waals surface area (Å²) in [5, 5.41) is 14.5. The molecule has 3 nitrogen and oxygen atoms in total. The van der Waals surface area contributed by atoms with Gasteiger partial charge in [0.2, 0.25) is 5.92 Å². The van der Waals surface area contributed by atoms with Crippen LogP contribution in [-0.2, 0) is 6.54 Å². The number of nitrogens with zero attached hydrogens (tertiary/aromatic N) is 2. The monoisotopic (exact) mass is 264 g/mol. The summed E-state index contributed by atoms with van der Waals surface area (Å²) < 4.78 is 27.8. The van der Waals surface area contributed by atoms with Crippen LogP contribution in [0.3, 0.4) is 0 Å². The molecule has 1 fully saturated rings. The maximum atomic E-state index is 13.1. The molecule has 0 aliphatic heterocycles. The Balaban J connectivity index is 2.20. The summed E-state index contributed by atoms with van der Waals surface area (Å²) in [4.78, 5) is 0. The molecule has 2 atom stereocenters. The summed E-state index contributed by atoms with van der Waals surface area (Å²) in [6.45, 7) is 2.42. The van der Waals surface area contributed by atoms with Crippen LogP contribution in [0, 0.1) is 5.92 Å². The van der Waals surface area contributed by atoms with Crippen LogP contribution in [0.1, 0.15) is 38.0 Å². The highest BCUT2D eigenvalue weighted by Gasteiger charge is 2.43. The number of aromatic nitrogens is 2. The number of aryl methyl sites for hydroxylation is 1. The summed E-state index contributed by atoms with van der Waals surface area (Å²) in [6, 6.07) is 0. The van der Waals surface area contributed by atoms with E-state index in [1.165, 1.54) is 6.20 Å². The largest absolute Gasteiger partial charge is 0.386 e. The molecule has 0 spiro atoms. The highest BCUT2D eigenvalue weighted by atomic mass is 35.5. The molecule has 0 amide bonds. The van der Waals surface area contributed by atoms with Crippen molar-refractivity contribution in [2.75, 3.05) is 0 Å². The van der Waals surface area contributed by atoms with Gasteiger partial charge in [-0.2, -0.15) is 5.10 Å². The Hall–Kier alpha value is -0.680. The lowest BCUT2D eigenvalue weighted by Crippen LogP contribution is -2.17. The number of hydrogen-bond donors (Lipinski definition) is 1. The summed E-state index contributed by atoms with van der Waals surface area (Å²) in [6.07, 6.45) is 0.362. The molecule has 0 saturated heterocycles. The normalized spacial score (nSPS) is 25.1. The van der Waals surface area contributed by atoms with E-state index in [0.29, 0.717) is 23.7 Å². The van der Waals surface area contributed by atoms with Crippen molar-refractivity contribution < 1.29 is 13.9 Å². The summed E-state index contributed by atoms with van der Waals surface area (Å²) in [5.74, 6) is -3.10. The van der Waals surface area contributed by atoms with Crippen molar-refractivity contribution in [1.82, 2.24) is 9.78 Å². The maximum Gasteiger partial charge on any atom is 0.248 e. The molecule has 2 unspecified atom stereocenters. The lowest BCUT2D eigenvalue weighted by Gasteiger charge is -2.19. The van der Waals surface area contributed by atoms with Crippen LogP contribution in [-0.4, -0.2) is 20.8 Å². The van der Waals surface area contributed by atoms with Crippen LogP contribution in [0.2, 0.25) is 5.02 Å². The van der Waals surface area contributed by atoms with Gasteiger partial charge in [0.05, 0.1) is 16.9 Å². The molecular weight excluding hydrogens is 250 g/mol. The third-order valence-corrected chi connectivity index (χ3v) is 3.59. The first-order chi connectivity index (χ1) is 7.94. The maximum absolute atomic E-state index is 13.1. The van der Waals surface area contributed by atoms with Gasteiger partial charge in [-0.05, 0) is 19.3 Å². The smallest absolute Gasteiger partial charge is 0.248 e. The minimum atomic E-state index is -2.66. The second-order valence-corrected chi connectivity index (χ2v) is 4.90. The van der Waals surface area contributed by atoms with E-state index in [-0.39, 0.29) is 12.8 Å². The third-order valence-electron chi connectivity index (χ3n) is 3.30. The number of rotatable bonds is 3. The molecule has 1 aliphatic carbocycles. The fraction of sp³-hybridized carbons (Fsp3) is 0.727. The number of halogens is 3. The van der Waals surface area contributed by atoms with Gasteiger partial charge in [-0.25, -0.2) is 8.78 Å². The van der Waals surface area contributed by atoms with Crippen LogP contribution >= 0.6 is 11.6 Å². The van der Waals surface area contributed by atoms with Crippen molar-refractivity contribution in [3.63, 3.8) is 0 Å². The molecular formula is C11H15ClF2N2O. The van der Waals surface area contributed by atoms with E-state index in [9.17, 15) is 13.9 Å². The van der Waals surface area contributed by atoms with E-state index in [1.807, 2.05) is 6.92 Å². The number of aliphatic hydroxyl groups is 1. The zero-order chi connectivity index (χ0) is 12.6.